The predicted molar refractivity (Wildman–Crippen MR) is 124 cm³/mol. The molecule has 0 bridgehead atoms. The van der Waals surface area contributed by atoms with Gasteiger partial charge in [-0.1, -0.05) is 30.8 Å². The van der Waals surface area contributed by atoms with E-state index in [1.807, 2.05) is 16.7 Å². The summed E-state index contributed by atoms with van der Waals surface area (Å²) in [5, 5.41) is 14.2. The van der Waals surface area contributed by atoms with E-state index in [4.69, 9.17) is 9.15 Å². The van der Waals surface area contributed by atoms with Crippen molar-refractivity contribution in [3.05, 3.63) is 54.0 Å². The number of morpholine rings is 1. The average Bonchev–Trinajstić information content (AvgIpc) is 3.52. The van der Waals surface area contributed by atoms with Crippen molar-refractivity contribution in [2.45, 2.75) is 25.0 Å². The van der Waals surface area contributed by atoms with Crippen molar-refractivity contribution >= 4 is 29.6 Å². The number of carbonyl (C=O) groups is 2. The molecular formula is C22H26N6O4S. The highest BCUT2D eigenvalue weighted by molar-refractivity contribution is 7.99. The van der Waals surface area contributed by atoms with Crippen LogP contribution in [0.25, 0.3) is 5.69 Å². The van der Waals surface area contributed by atoms with Crippen LogP contribution < -0.4 is 15.5 Å². The van der Waals surface area contributed by atoms with E-state index in [1.54, 1.807) is 12.1 Å². The number of benzene rings is 1. The molecule has 1 aliphatic heterocycles. The number of aryl methyl sites for hydroxylation is 1. The Morgan fingerprint density at radius 2 is 2.00 bits per heavy atom. The van der Waals surface area contributed by atoms with E-state index in [2.05, 4.69) is 44.8 Å². The maximum absolute atomic E-state index is 12.3. The number of furan rings is 1. The Kier molecular flexibility index (Phi) is 7.63. The molecule has 0 spiro atoms. The first-order valence-corrected chi connectivity index (χ1v) is 11.7. The summed E-state index contributed by atoms with van der Waals surface area (Å²) in [5.41, 5.74) is 2.12. The molecule has 1 aliphatic rings. The molecule has 0 saturated carbocycles. The lowest BCUT2D eigenvalue weighted by molar-refractivity contribution is -0.117. The van der Waals surface area contributed by atoms with Crippen molar-refractivity contribution in [2.75, 3.05) is 37.0 Å². The monoisotopic (exact) mass is 470 g/mol. The van der Waals surface area contributed by atoms with Gasteiger partial charge in [0.2, 0.25) is 11.9 Å². The lowest BCUT2D eigenvalue weighted by Crippen LogP contribution is -2.40. The predicted octanol–water partition coefficient (Wildman–Crippen LogP) is 2.38. The fourth-order valence-corrected chi connectivity index (χ4v) is 4.13. The zero-order valence-electron chi connectivity index (χ0n) is 18.3. The number of nitrogens with zero attached hydrogens (tertiary/aromatic N) is 4. The minimum atomic E-state index is -0.580. The highest BCUT2D eigenvalue weighted by Crippen LogP contribution is 2.27. The third-order valence-corrected chi connectivity index (χ3v) is 6.00. The molecule has 10 nitrogen and oxygen atoms in total. The number of hydrogen-bond acceptors (Lipinski definition) is 8. The number of anilines is 1. The maximum Gasteiger partial charge on any atom is 0.321 e. The third kappa shape index (κ3) is 5.93. The summed E-state index contributed by atoms with van der Waals surface area (Å²) >= 11 is 1.23. The number of carbonyl (C=O) groups excluding carboxylic acids is 2. The molecular weight excluding hydrogens is 444 g/mol. The van der Waals surface area contributed by atoms with Crippen LogP contribution in [0.3, 0.4) is 0 Å². The molecule has 1 saturated heterocycles. The smallest absolute Gasteiger partial charge is 0.321 e. The van der Waals surface area contributed by atoms with E-state index in [9.17, 15) is 9.59 Å². The topological polar surface area (TPSA) is 115 Å². The number of hydrogen-bond donors (Lipinski definition) is 2. The van der Waals surface area contributed by atoms with E-state index in [-0.39, 0.29) is 12.3 Å². The quantitative estimate of drug-likeness (QED) is 0.483. The summed E-state index contributed by atoms with van der Waals surface area (Å²) in [5.74, 6) is 0.903. The first kappa shape index (κ1) is 22.9. The van der Waals surface area contributed by atoms with Gasteiger partial charge in [-0.25, -0.2) is 4.79 Å². The molecule has 0 radical (unpaired) electrons. The Hall–Kier alpha value is -3.31. The Morgan fingerprint density at radius 1 is 1.15 bits per heavy atom. The van der Waals surface area contributed by atoms with E-state index >= 15 is 0 Å². The van der Waals surface area contributed by atoms with Crippen LogP contribution in [0.4, 0.5) is 10.7 Å². The van der Waals surface area contributed by atoms with Crippen molar-refractivity contribution in [1.82, 2.24) is 25.4 Å². The van der Waals surface area contributed by atoms with Gasteiger partial charge in [-0.15, -0.1) is 10.2 Å². The van der Waals surface area contributed by atoms with Crippen LogP contribution in [-0.4, -0.2) is 58.8 Å². The summed E-state index contributed by atoms with van der Waals surface area (Å²) < 4.78 is 12.6. The van der Waals surface area contributed by atoms with Crippen LogP contribution in [0.1, 0.15) is 18.2 Å². The van der Waals surface area contributed by atoms with Crippen molar-refractivity contribution in [1.29, 1.82) is 0 Å². The van der Waals surface area contributed by atoms with Crippen molar-refractivity contribution in [3.63, 3.8) is 0 Å². The molecule has 3 heterocycles. The molecule has 0 aliphatic carbocycles. The first-order valence-electron chi connectivity index (χ1n) is 10.7. The van der Waals surface area contributed by atoms with Crippen LogP contribution in [0.5, 0.6) is 0 Å². The van der Waals surface area contributed by atoms with Gasteiger partial charge >= 0.3 is 6.03 Å². The number of urea groups is 1. The molecule has 0 unspecified atom stereocenters. The Balaban J connectivity index is 1.44. The summed E-state index contributed by atoms with van der Waals surface area (Å²) in [6.07, 6.45) is 2.43. The third-order valence-electron chi connectivity index (χ3n) is 5.08. The van der Waals surface area contributed by atoms with Gasteiger partial charge < -0.3 is 19.4 Å². The molecule has 33 heavy (non-hydrogen) atoms. The van der Waals surface area contributed by atoms with E-state index in [0.717, 1.165) is 12.1 Å². The fraction of sp³-hybridized carbons (Fsp3) is 0.364. The Bertz CT molecular complexity index is 1080. The zero-order chi connectivity index (χ0) is 23.0. The molecule has 174 valence electrons. The number of rotatable bonds is 8. The Labute approximate surface area is 195 Å². The number of imide groups is 1. The molecule has 3 amide bonds. The van der Waals surface area contributed by atoms with E-state index < -0.39 is 11.9 Å². The SMILES string of the molecule is CCc1cccc(-n2c(SCC(=O)NC(=O)NCc3ccco3)nnc2N2CCOCC2)c1. The van der Waals surface area contributed by atoms with Gasteiger partial charge in [-0.2, -0.15) is 0 Å². The molecule has 0 atom stereocenters. The molecule has 1 fully saturated rings. The van der Waals surface area contributed by atoms with E-state index in [1.165, 1.54) is 23.6 Å². The number of amides is 3. The minimum absolute atomic E-state index is 0.0168. The van der Waals surface area contributed by atoms with Crippen LogP contribution in [0.2, 0.25) is 0 Å². The highest BCUT2D eigenvalue weighted by Gasteiger charge is 2.22. The molecule has 2 N–H and O–H groups in total. The largest absolute Gasteiger partial charge is 0.467 e. The van der Waals surface area contributed by atoms with Crippen LogP contribution in [-0.2, 0) is 22.5 Å². The van der Waals surface area contributed by atoms with E-state index in [0.29, 0.717) is 43.2 Å². The van der Waals surface area contributed by atoms with Gasteiger partial charge in [0, 0.05) is 13.1 Å². The zero-order valence-corrected chi connectivity index (χ0v) is 19.1. The van der Waals surface area contributed by atoms with Gasteiger partial charge in [0.1, 0.15) is 5.76 Å². The lowest BCUT2D eigenvalue weighted by Gasteiger charge is -2.28. The molecule has 3 aromatic rings. The van der Waals surface area contributed by atoms with Crippen LogP contribution in [0.15, 0.2) is 52.2 Å². The standard InChI is InChI=1S/C22H26N6O4S/c1-2-16-5-3-6-17(13-16)28-21(27-8-11-31-12-9-27)25-26-22(28)33-15-19(29)24-20(30)23-14-18-7-4-10-32-18/h3-7,10,13H,2,8-9,11-12,14-15H2,1H3,(H2,23,24,29,30). The van der Waals surface area contributed by atoms with Crippen LogP contribution in [0, 0.1) is 0 Å². The van der Waals surface area contributed by atoms with Crippen LogP contribution >= 0.6 is 11.8 Å². The average molecular weight is 471 g/mol. The number of thioether (sulfide) groups is 1. The molecule has 1 aromatic carbocycles. The van der Waals surface area contributed by atoms with Crippen molar-refractivity contribution < 1.29 is 18.7 Å². The second-order valence-electron chi connectivity index (χ2n) is 7.34. The fourth-order valence-electron chi connectivity index (χ4n) is 3.38. The Morgan fingerprint density at radius 3 is 2.76 bits per heavy atom. The first-order chi connectivity index (χ1) is 16.1. The van der Waals surface area contributed by atoms with Crippen molar-refractivity contribution in [3.8, 4) is 5.69 Å². The number of nitrogens with one attached hydrogen (secondary N) is 2. The summed E-state index contributed by atoms with van der Waals surface area (Å²) in [4.78, 5) is 26.5. The van der Waals surface area contributed by atoms with Gasteiger partial charge in [0.15, 0.2) is 5.16 Å². The van der Waals surface area contributed by atoms with Gasteiger partial charge in [0.05, 0.1) is 37.5 Å². The van der Waals surface area contributed by atoms with Gasteiger partial charge in [-0.05, 0) is 36.2 Å². The highest BCUT2D eigenvalue weighted by atomic mass is 32.2. The van der Waals surface area contributed by atoms with Crippen molar-refractivity contribution in [2.24, 2.45) is 0 Å². The maximum atomic E-state index is 12.3. The lowest BCUT2D eigenvalue weighted by atomic mass is 10.1. The summed E-state index contributed by atoms with van der Waals surface area (Å²) in [6, 6.07) is 11.1. The molecule has 4 rings (SSSR count). The normalized spacial score (nSPS) is 13.7. The molecule has 11 heteroatoms. The molecule has 2 aromatic heterocycles. The van der Waals surface area contributed by atoms with Gasteiger partial charge in [-0.3, -0.25) is 14.7 Å². The van der Waals surface area contributed by atoms with Gasteiger partial charge in [0.25, 0.3) is 0 Å². The summed E-state index contributed by atoms with van der Waals surface area (Å²) in [6.45, 7) is 4.98. The minimum Gasteiger partial charge on any atom is -0.467 e. The summed E-state index contributed by atoms with van der Waals surface area (Å²) in [7, 11) is 0. The second-order valence-corrected chi connectivity index (χ2v) is 8.28. The number of aromatic nitrogens is 3. The number of ether oxygens (including phenoxy) is 1. The second kappa shape index (κ2) is 11.0.